The smallest absolute Gasteiger partial charge is 0.319 e. The Morgan fingerprint density at radius 2 is 1.68 bits per heavy atom. The Bertz CT molecular complexity index is 456. The number of hydrogen-bond donors (Lipinski definition) is 1. The number of amides is 1. The van der Waals surface area contributed by atoms with Crippen LogP contribution in [-0.4, -0.2) is 73.9 Å². The largest absolute Gasteiger partial charge is 0.340 e. The molecule has 1 N–H and O–H groups in total. The van der Waals surface area contributed by atoms with Crippen molar-refractivity contribution in [1.82, 2.24) is 15.1 Å². The monoisotopic (exact) mass is 409 g/mol. The number of alkyl halides is 4. The van der Waals surface area contributed by atoms with Crippen LogP contribution in [-0.2, 0) is 4.79 Å². The van der Waals surface area contributed by atoms with E-state index in [-0.39, 0.29) is 55.1 Å². The molecule has 3 rings (SSSR count). The Morgan fingerprint density at radius 1 is 1.12 bits per heavy atom. The van der Waals surface area contributed by atoms with Gasteiger partial charge in [-0.15, -0.1) is 24.8 Å². The van der Waals surface area contributed by atoms with Crippen LogP contribution < -0.4 is 5.32 Å². The van der Waals surface area contributed by atoms with Crippen molar-refractivity contribution in [1.29, 1.82) is 0 Å². The summed E-state index contributed by atoms with van der Waals surface area (Å²) >= 11 is 0. The first kappa shape index (κ1) is 22.7. The average Bonchev–Trinajstić information content (AvgIpc) is 3.20. The highest BCUT2D eigenvalue weighted by atomic mass is 35.5. The van der Waals surface area contributed by atoms with Gasteiger partial charge in [-0.25, -0.2) is 8.78 Å². The number of hydrogen-bond acceptors (Lipinski definition) is 3. The summed E-state index contributed by atoms with van der Waals surface area (Å²) in [6.45, 7) is 2.11. The highest BCUT2D eigenvalue weighted by Gasteiger charge is 2.58. The molecule has 0 aromatic carbocycles. The fourth-order valence-corrected chi connectivity index (χ4v) is 3.89. The molecule has 4 nitrogen and oxygen atoms in total. The van der Waals surface area contributed by atoms with E-state index in [1.54, 1.807) is 4.90 Å². The summed E-state index contributed by atoms with van der Waals surface area (Å²) in [6, 6.07) is 0. The molecule has 1 amide bonds. The summed E-state index contributed by atoms with van der Waals surface area (Å²) in [5, 5.41) is 3.29. The summed E-state index contributed by atoms with van der Waals surface area (Å²) in [7, 11) is 0. The second kappa shape index (κ2) is 8.59. The molecule has 1 atom stereocenters. The third kappa shape index (κ3) is 4.90. The van der Waals surface area contributed by atoms with Crippen molar-refractivity contribution < 1.29 is 22.4 Å². The lowest BCUT2D eigenvalue weighted by Crippen LogP contribution is -2.53. The molecule has 1 unspecified atom stereocenters. The van der Waals surface area contributed by atoms with Gasteiger partial charge in [0.2, 0.25) is 5.91 Å². The van der Waals surface area contributed by atoms with Crippen LogP contribution in [0.1, 0.15) is 19.3 Å². The van der Waals surface area contributed by atoms with Gasteiger partial charge in [0, 0.05) is 32.1 Å². The molecule has 2 aliphatic heterocycles. The summed E-state index contributed by atoms with van der Waals surface area (Å²) < 4.78 is 50.7. The van der Waals surface area contributed by atoms with E-state index in [2.05, 4.69) is 5.32 Å². The SMILES string of the molecule is Cl.Cl.O=C(C1CC12CCNCC2)N1CCN(CC(F)(F)C(F)F)CC1. The van der Waals surface area contributed by atoms with Crippen LogP contribution in [0.25, 0.3) is 0 Å². The highest BCUT2D eigenvalue weighted by Crippen LogP contribution is 2.59. The van der Waals surface area contributed by atoms with Crippen LogP contribution >= 0.6 is 24.8 Å². The molecular weight excluding hydrogens is 385 g/mol. The van der Waals surface area contributed by atoms with Gasteiger partial charge in [-0.3, -0.25) is 9.69 Å². The molecule has 2 saturated heterocycles. The standard InChI is InChI=1S/C15H23F4N3O.2ClH/c16-13(17)15(18,19)10-21-5-7-22(8-6-21)12(23)11-9-14(11)1-3-20-4-2-14;;/h11,13,20H,1-10H2;2*1H. The van der Waals surface area contributed by atoms with Gasteiger partial charge in [-0.1, -0.05) is 0 Å². The summed E-state index contributed by atoms with van der Waals surface area (Å²) in [6.07, 6.45) is -0.682. The molecule has 148 valence electrons. The Hall–Kier alpha value is -0.310. The van der Waals surface area contributed by atoms with E-state index in [0.717, 1.165) is 32.4 Å². The molecule has 0 radical (unpaired) electrons. The number of carbonyl (C=O) groups excluding carboxylic acids is 1. The number of nitrogens with zero attached hydrogens (tertiary/aromatic N) is 2. The Balaban J connectivity index is 0.00000156. The number of piperazine rings is 1. The van der Waals surface area contributed by atoms with E-state index >= 15 is 0 Å². The molecular formula is C15H25Cl2F4N3O. The number of nitrogens with one attached hydrogen (secondary N) is 1. The van der Waals surface area contributed by atoms with Crippen LogP contribution in [0, 0.1) is 11.3 Å². The molecule has 3 aliphatic rings. The maximum Gasteiger partial charge on any atom is 0.319 e. The van der Waals surface area contributed by atoms with E-state index in [0.29, 0.717) is 13.1 Å². The number of rotatable bonds is 4. The zero-order chi connectivity index (χ0) is 16.7. The average molecular weight is 410 g/mol. The van der Waals surface area contributed by atoms with Crippen LogP contribution in [0.5, 0.6) is 0 Å². The first-order valence-corrected chi connectivity index (χ1v) is 8.22. The molecule has 0 aromatic rings. The van der Waals surface area contributed by atoms with E-state index < -0.39 is 18.9 Å². The van der Waals surface area contributed by atoms with Crippen molar-refractivity contribution >= 4 is 30.7 Å². The van der Waals surface area contributed by atoms with Crippen molar-refractivity contribution in [2.24, 2.45) is 11.3 Å². The zero-order valence-corrected chi connectivity index (χ0v) is 15.5. The number of halogens is 6. The molecule has 25 heavy (non-hydrogen) atoms. The number of piperidine rings is 1. The lowest BCUT2D eigenvalue weighted by atomic mass is 9.91. The molecule has 10 heteroatoms. The topological polar surface area (TPSA) is 35.6 Å². The predicted molar refractivity (Wildman–Crippen MR) is 91.1 cm³/mol. The van der Waals surface area contributed by atoms with Gasteiger partial charge in [0.25, 0.3) is 0 Å². The third-order valence-corrected chi connectivity index (χ3v) is 5.52. The first-order chi connectivity index (χ1) is 10.8. The maximum atomic E-state index is 13.1. The molecule has 2 heterocycles. The third-order valence-electron chi connectivity index (χ3n) is 5.52. The van der Waals surface area contributed by atoms with Gasteiger partial charge in [0.1, 0.15) is 0 Å². The van der Waals surface area contributed by atoms with E-state index in [9.17, 15) is 22.4 Å². The Morgan fingerprint density at radius 3 is 2.20 bits per heavy atom. The van der Waals surface area contributed by atoms with Crippen LogP contribution in [0.4, 0.5) is 17.6 Å². The summed E-state index contributed by atoms with van der Waals surface area (Å²) in [5.74, 6) is -3.80. The van der Waals surface area contributed by atoms with Crippen LogP contribution in [0.15, 0.2) is 0 Å². The van der Waals surface area contributed by atoms with Crippen molar-refractivity contribution in [3.05, 3.63) is 0 Å². The van der Waals surface area contributed by atoms with Crippen LogP contribution in [0.3, 0.4) is 0 Å². The van der Waals surface area contributed by atoms with Gasteiger partial charge >= 0.3 is 12.3 Å². The first-order valence-electron chi connectivity index (χ1n) is 8.22. The second-order valence-electron chi connectivity index (χ2n) is 7.03. The fourth-order valence-electron chi connectivity index (χ4n) is 3.89. The minimum absolute atomic E-state index is 0. The number of carbonyl (C=O) groups is 1. The van der Waals surface area contributed by atoms with Crippen molar-refractivity contribution in [2.75, 3.05) is 45.8 Å². The molecule has 0 aromatic heterocycles. The van der Waals surface area contributed by atoms with Crippen molar-refractivity contribution in [3.8, 4) is 0 Å². The lowest BCUT2D eigenvalue weighted by Gasteiger charge is -2.36. The zero-order valence-electron chi connectivity index (χ0n) is 13.9. The van der Waals surface area contributed by atoms with Gasteiger partial charge in [-0.05, 0) is 37.8 Å². The predicted octanol–water partition coefficient (Wildman–Crippen LogP) is 2.26. The molecule has 1 aliphatic carbocycles. The quantitative estimate of drug-likeness (QED) is 0.723. The highest BCUT2D eigenvalue weighted by molar-refractivity contribution is 5.85. The minimum atomic E-state index is -3.98. The summed E-state index contributed by atoms with van der Waals surface area (Å²) in [4.78, 5) is 15.6. The van der Waals surface area contributed by atoms with Gasteiger partial charge in [-0.2, -0.15) is 8.78 Å². The van der Waals surface area contributed by atoms with Crippen molar-refractivity contribution in [2.45, 2.75) is 31.6 Å². The van der Waals surface area contributed by atoms with Gasteiger partial charge in [0.05, 0.1) is 6.54 Å². The van der Waals surface area contributed by atoms with E-state index in [1.807, 2.05) is 0 Å². The minimum Gasteiger partial charge on any atom is -0.340 e. The fraction of sp³-hybridized carbons (Fsp3) is 0.933. The van der Waals surface area contributed by atoms with Gasteiger partial charge < -0.3 is 10.2 Å². The van der Waals surface area contributed by atoms with E-state index in [1.165, 1.54) is 4.90 Å². The summed E-state index contributed by atoms with van der Waals surface area (Å²) in [5.41, 5.74) is 0.155. The van der Waals surface area contributed by atoms with Gasteiger partial charge in [0.15, 0.2) is 0 Å². The Kier molecular flexibility index (Phi) is 7.81. The molecule has 0 bridgehead atoms. The lowest BCUT2D eigenvalue weighted by molar-refractivity contribution is -0.149. The second-order valence-corrected chi connectivity index (χ2v) is 7.03. The normalized spacial score (nSPS) is 26.1. The molecule has 3 fully saturated rings. The maximum absolute atomic E-state index is 13.1. The van der Waals surface area contributed by atoms with Crippen molar-refractivity contribution in [3.63, 3.8) is 0 Å². The van der Waals surface area contributed by atoms with E-state index in [4.69, 9.17) is 0 Å². The molecule has 1 saturated carbocycles. The van der Waals surface area contributed by atoms with Crippen LogP contribution in [0.2, 0.25) is 0 Å². The Labute approximate surface area is 157 Å². The molecule has 1 spiro atoms.